The molecule has 2 rings (SSSR count). The summed E-state index contributed by atoms with van der Waals surface area (Å²) in [6.45, 7) is 3.50. The van der Waals surface area contributed by atoms with E-state index in [1.54, 1.807) is 37.3 Å². The topological polar surface area (TPSA) is 20.3 Å². The number of carbonyl (C=O) groups is 1. The van der Waals surface area contributed by atoms with Gasteiger partial charge in [-0.2, -0.15) is 13.2 Å². The fourth-order valence-electron chi connectivity index (χ4n) is 2.45. The Morgan fingerprint density at radius 1 is 1.32 bits per heavy atom. The molecule has 1 aliphatic carbocycles. The van der Waals surface area contributed by atoms with Crippen molar-refractivity contribution in [2.24, 2.45) is 5.41 Å². The van der Waals surface area contributed by atoms with E-state index >= 15 is 0 Å². The van der Waals surface area contributed by atoms with Gasteiger partial charge in [-0.25, -0.2) is 0 Å². The van der Waals surface area contributed by atoms with Crippen molar-refractivity contribution in [3.05, 3.63) is 35.9 Å². The molecule has 0 spiro atoms. The van der Waals surface area contributed by atoms with Crippen LogP contribution in [-0.4, -0.2) is 26.8 Å². The largest absolute Gasteiger partial charge is 0.471 e. The molecule has 0 aliphatic heterocycles. The van der Waals surface area contributed by atoms with Crippen molar-refractivity contribution in [2.75, 3.05) is 6.54 Å². The molecular formula is C15H16Br2F3NO. The molecule has 1 aliphatic rings. The lowest BCUT2D eigenvalue weighted by molar-refractivity contribution is -0.188. The zero-order valence-corrected chi connectivity index (χ0v) is 15.3. The summed E-state index contributed by atoms with van der Waals surface area (Å²) in [6.07, 6.45) is -4.22. The van der Waals surface area contributed by atoms with Crippen LogP contribution in [-0.2, 0) is 4.79 Å². The average molecular weight is 443 g/mol. The Morgan fingerprint density at radius 2 is 1.82 bits per heavy atom. The second-order valence-electron chi connectivity index (χ2n) is 5.96. The van der Waals surface area contributed by atoms with Crippen molar-refractivity contribution in [3.8, 4) is 0 Å². The molecule has 122 valence electrons. The molecule has 2 nitrogen and oxygen atoms in total. The van der Waals surface area contributed by atoms with Crippen molar-refractivity contribution < 1.29 is 18.0 Å². The number of benzene rings is 1. The number of hydrogen-bond donors (Lipinski definition) is 0. The Balaban J connectivity index is 2.28. The van der Waals surface area contributed by atoms with Crippen LogP contribution in [0.5, 0.6) is 0 Å². The highest BCUT2D eigenvalue weighted by Crippen LogP contribution is 2.66. The van der Waals surface area contributed by atoms with E-state index in [-0.39, 0.29) is 6.54 Å². The maximum absolute atomic E-state index is 12.9. The first-order valence-electron chi connectivity index (χ1n) is 6.78. The van der Waals surface area contributed by atoms with Crippen molar-refractivity contribution in [2.45, 2.75) is 35.7 Å². The van der Waals surface area contributed by atoms with Gasteiger partial charge in [0.1, 0.15) is 0 Å². The van der Waals surface area contributed by atoms with E-state index < -0.39 is 26.8 Å². The van der Waals surface area contributed by atoms with Crippen LogP contribution in [0.15, 0.2) is 30.3 Å². The second-order valence-corrected chi connectivity index (χ2v) is 9.73. The molecule has 7 heteroatoms. The molecular weight excluding hydrogens is 427 g/mol. The van der Waals surface area contributed by atoms with Gasteiger partial charge in [0.25, 0.3) is 0 Å². The van der Waals surface area contributed by atoms with Gasteiger partial charge in [0.2, 0.25) is 0 Å². The molecule has 1 saturated carbocycles. The molecule has 0 N–H and O–H groups in total. The minimum atomic E-state index is -4.88. The predicted molar refractivity (Wildman–Crippen MR) is 85.9 cm³/mol. The number of amides is 1. The molecule has 0 heterocycles. The molecule has 22 heavy (non-hydrogen) atoms. The van der Waals surface area contributed by atoms with Crippen LogP contribution in [0.1, 0.15) is 31.9 Å². The van der Waals surface area contributed by atoms with Crippen LogP contribution in [0.4, 0.5) is 13.2 Å². The summed E-state index contributed by atoms with van der Waals surface area (Å²) in [7, 11) is 0. The SMILES string of the molecule is C[C@H](c1ccccc1)N(C[C@]1(C)CC1(Br)Br)C(=O)C(F)(F)F. The molecule has 1 aromatic rings. The van der Waals surface area contributed by atoms with Gasteiger partial charge < -0.3 is 4.90 Å². The molecule has 0 saturated heterocycles. The summed E-state index contributed by atoms with van der Waals surface area (Å²) < 4.78 is 38.4. The van der Waals surface area contributed by atoms with Crippen LogP contribution in [0.25, 0.3) is 0 Å². The Labute approximate surface area is 144 Å². The van der Waals surface area contributed by atoms with Crippen molar-refractivity contribution in [1.29, 1.82) is 0 Å². The molecule has 2 atom stereocenters. The molecule has 0 aromatic heterocycles. The lowest BCUT2D eigenvalue weighted by Gasteiger charge is -2.33. The highest BCUT2D eigenvalue weighted by molar-refractivity contribution is 9.25. The van der Waals surface area contributed by atoms with Crippen molar-refractivity contribution >= 4 is 37.8 Å². The van der Waals surface area contributed by atoms with Gasteiger partial charge in [-0.3, -0.25) is 4.79 Å². The second kappa shape index (κ2) is 5.82. The van der Waals surface area contributed by atoms with Crippen LogP contribution in [0.2, 0.25) is 0 Å². The number of halogens is 5. The van der Waals surface area contributed by atoms with E-state index in [2.05, 4.69) is 31.9 Å². The number of alkyl halides is 5. The zero-order chi connectivity index (χ0) is 16.8. The maximum atomic E-state index is 12.9. The number of carbonyl (C=O) groups excluding carboxylic acids is 1. The number of nitrogens with zero attached hydrogens (tertiary/aromatic N) is 1. The van der Waals surface area contributed by atoms with E-state index in [1.807, 2.05) is 6.92 Å². The lowest BCUT2D eigenvalue weighted by Crippen LogP contribution is -2.45. The third kappa shape index (κ3) is 3.50. The van der Waals surface area contributed by atoms with Gasteiger partial charge in [-0.1, -0.05) is 69.1 Å². The summed E-state index contributed by atoms with van der Waals surface area (Å²) in [5, 5.41) is 0. The normalized spacial score (nSPS) is 24.7. The van der Waals surface area contributed by atoms with Crippen molar-refractivity contribution in [1.82, 2.24) is 4.90 Å². The minimum Gasteiger partial charge on any atom is -0.327 e. The first-order chi connectivity index (χ1) is 9.98. The summed E-state index contributed by atoms with van der Waals surface area (Å²) in [5.74, 6) is -1.80. The van der Waals surface area contributed by atoms with E-state index in [4.69, 9.17) is 0 Å². The van der Waals surface area contributed by atoms with Gasteiger partial charge >= 0.3 is 12.1 Å². The highest BCUT2D eigenvalue weighted by Gasteiger charge is 2.63. The van der Waals surface area contributed by atoms with E-state index in [0.717, 1.165) is 4.90 Å². The number of rotatable bonds is 4. The lowest BCUT2D eigenvalue weighted by atomic mass is 10.0. The van der Waals surface area contributed by atoms with Gasteiger partial charge in [-0.05, 0) is 18.9 Å². The fourth-order valence-corrected chi connectivity index (χ4v) is 3.94. The molecule has 1 amide bonds. The summed E-state index contributed by atoms with van der Waals surface area (Å²) >= 11 is 6.88. The quantitative estimate of drug-likeness (QED) is 0.598. The molecule has 0 unspecified atom stereocenters. The standard InChI is InChI=1S/C15H16Br2F3NO/c1-10(11-6-4-3-5-7-11)21(12(22)15(18,19)20)9-13(2)8-14(13,16)17/h3-7,10H,8-9H2,1-2H3/t10-,13+/m1/s1. The Hall–Kier alpha value is -0.560. The van der Waals surface area contributed by atoms with Gasteiger partial charge in [0.05, 0.1) is 9.28 Å². The molecule has 1 fully saturated rings. The Morgan fingerprint density at radius 3 is 2.23 bits per heavy atom. The molecule has 0 bridgehead atoms. The average Bonchev–Trinajstić information content (AvgIpc) is 2.93. The summed E-state index contributed by atoms with van der Waals surface area (Å²) in [5.41, 5.74) is 0.246. The summed E-state index contributed by atoms with van der Waals surface area (Å²) in [6, 6.07) is 8.10. The number of hydrogen-bond acceptors (Lipinski definition) is 1. The first-order valence-corrected chi connectivity index (χ1v) is 8.37. The predicted octanol–water partition coefficient (Wildman–Crippen LogP) is 5.03. The Bertz CT molecular complexity index is 562. The molecule has 1 aromatic carbocycles. The molecule has 0 radical (unpaired) electrons. The third-order valence-corrected chi connectivity index (χ3v) is 6.62. The van der Waals surface area contributed by atoms with Gasteiger partial charge in [0, 0.05) is 12.0 Å². The van der Waals surface area contributed by atoms with Crippen LogP contribution >= 0.6 is 31.9 Å². The third-order valence-electron chi connectivity index (χ3n) is 4.14. The van der Waals surface area contributed by atoms with E-state index in [1.165, 1.54) is 0 Å². The smallest absolute Gasteiger partial charge is 0.327 e. The highest BCUT2D eigenvalue weighted by atomic mass is 79.9. The maximum Gasteiger partial charge on any atom is 0.471 e. The van der Waals surface area contributed by atoms with Crippen LogP contribution < -0.4 is 0 Å². The minimum absolute atomic E-state index is 0.0257. The van der Waals surface area contributed by atoms with Crippen LogP contribution in [0.3, 0.4) is 0 Å². The van der Waals surface area contributed by atoms with E-state index in [9.17, 15) is 18.0 Å². The van der Waals surface area contributed by atoms with Gasteiger partial charge in [-0.15, -0.1) is 0 Å². The fraction of sp³-hybridized carbons (Fsp3) is 0.533. The van der Waals surface area contributed by atoms with E-state index in [0.29, 0.717) is 12.0 Å². The van der Waals surface area contributed by atoms with Crippen molar-refractivity contribution in [3.63, 3.8) is 0 Å². The monoisotopic (exact) mass is 441 g/mol. The summed E-state index contributed by atoms with van der Waals surface area (Å²) in [4.78, 5) is 12.8. The van der Waals surface area contributed by atoms with Crippen LogP contribution in [0, 0.1) is 5.41 Å². The Kier molecular flexibility index (Phi) is 4.70. The zero-order valence-electron chi connectivity index (χ0n) is 12.1. The first kappa shape index (κ1) is 17.8. The van der Waals surface area contributed by atoms with Gasteiger partial charge in [0.15, 0.2) is 0 Å².